The van der Waals surface area contributed by atoms with E-state index in [1.54, 1.807) is 6.20 Å². The average Bonchev–Trinajstić information content (AvgIpc) is 2.30. The minimum atomic E-state index is 0.696. The van der Waals surface area contributed by atoms with Crippen molar-refractivity contribution in [1.29, 1.82) is 0 Å². The standard InChI is InChI=1S/C12H20BrN3S/c1-17-7-5-3-2-4-6-15-12-11(14)8-10(13)9-16-12/h8-9H,2-7,14H2,1H3,(H,15,16). The number of pyridine rings is 1. The zero-order valence-electron chi connectivity index (χ0n) is 10.2. The van der Waals surface area contributed by atoms with Gasteiger partial charge in [0.2, 0.25) is 0 Å². The Labute approximate surface area is 116 Å². The van der Waals surface area contributed by atoms with Gasteiger partial charge < -0.3 is 11.1 Å². The lowest BCUT2D eigenvalue weighted by molar-refractivity contribution is 0.688. The van der Waals surface area contributed by atoms with Crippen molar-refractivity contribution in [3.63, 3.8) is 0 Å². The molecule has 1 rings (SSSR count). The Morgan fingerprint density at radius 1 is 1.35 bits per heavy atom. The lowest BCUT2D eigenvalue weighted by Gasteiger charge is -2.08. The van der Waals surface area contributed by atoms with Crippen molar-refractivity contribution < 1.29 is 0 Å². The minimum Gasteiger partial charge on any atom is -0.396 e. The van der Waals surface area contributed by atoms with Crippen molar-refractivity contribution >= 4 is 39.2 Å². The van der Waals surface area contributed by atoms with Gasteiger partial charge in [-0.2, -0.15) is 11.8 Å². The highest BCUT2D eigenvalue weighted by Crippen LogP contribution is 2.19. The van der Waals surface area contributed by atoms with Crippen molar-refractivity contribution in [2.75, 3.05) is 29.6 Å². The van der Waals surface area contributed by atoms with E-state index in [9.17, 15) is 0 Å². The maximum Gasteiger partial charge on any atom is 0.149 e. The number of nitrogens with one attached hydrogen (secondary N) is 1. The van der Waals surface area contributed by atoms with E-state index in [4.69, 9.17) is 5.73 Å². The summed E-state index contributed by atoms with van der Waals surface area (Å²) in [6.07, 6.45) is 8.99. The average molecular weight is 318 g/mol. The van der Waals surface area contributed by atoms with Crippen molar-refractivity contribution in [2.45, 2.75) is 25.7 Å². The second kappa shape index (κ2) is 8.64. The first-order valence-corrected chi connectivity index (χ1v) is 8.06. The van der Waals surface area contributed by atoms with Gasteiger partial charge in [0.1, 0.15) is 5.82 Å². The van der Waals surface area contributed by atoms with E-state index in [0.29, 0.717) is 5.69 Å². The molecule has 0 radical (unpaired) electrons. The van der Waals surface area contributed by atoms with Crippen LogP contribution in [0.3, 0.4) is 0 Å². The number of hydrogen-bond donors (Lipinski definition) is 2. The van der Waals surface area contributed by atoms with Gasteiger partial charge >= 0.3 is 0 Å². The van der Waals surface area contributed by atoms with E-state index in [1.165, 1.54) is 31.4 Å². The molecule has 0 amide bonds. The molecule has 3 nitrogen and oxygen atoms in total. The van der Waals surface area contributed by atoms with Crippen molar-refractivity contribution in [2.24, 2.45) is 0 Å². The van der Waals surface area contributed by atoms with Crippen molar-refractivity contribution in [3.05, 3.63) is 16.7 Å². The van der Waals surface area contributed by atoms with Crippen LogP contribution in [0, 0.1) is 0 Å². The number of nitrogen functional groups attached to an aromatic ring is 1. The van der Waals surface area contributed by atoms with E-state index in [2.05, 4.69) is 32.5 Å². The van der Waals surface area contributed by atoms with Gasteiger partial charge in [-0.15, -0.1) is 0 Å². The molecule has 17 heavy (non-hydrogen) atoms. The van der Waals surface area contributed by atoms with Crippen LogP contribution < -0.4 is 11.1 Å². The van der Waals surface area contributed by atoms with Gasteiger partial charge in [-0.05, 0) is 46.8 Å². The third-order valence-corrected chi connectivity index (χ3v) is 3.58. The van der Waals surface area contributed by atoms with Crippen LogP contribution in [0.5, 0.6) is 0 Å². The van der Waals surface area contributed by atoms with Crippen LogP contribution in [0.15, 0.2) is 16.7 Å². The first kappa shape index (κ1) is 14.6. The fourth-order valence-corrected chi connectivity index (χ4v) is 2.38. The molecular formula is C12H20BrN3S. The predicted molar refractivity (Wildman–Crippen MR) is 81.7 cm³/mol. The molecule has 0 unspecified atom stereocenters. The van der Waals surface area contributed by atoms with Crippen LogP contribution in [0.25, 0.3) is 0 Å². The summed E-state index contributed by atoms with van der Waals surface area (Å²) in [7, 11) is 0. The van der Waals surface area contributed by atoms with E-state index in [-0.39, 0.29) is 0 Å². The summed E-state index contributed by atoms with van der Waals surface area (Å²) in [5.74, 6) is 2.06. The number of nitrogens with two attached hydrogens (primary N) is 1. The van der Waals surface area contributed by atoms with Gasteiger partial charge in [-0.3, -0.25) is 0 Å². The predicted octanol–water partition coefficient (Wildman–Crippen LogP) is 3.76. The Bertz CT molecular complexity index is 334. The molecule has 0 saturated heterocycles. The summed E-state index contributed by atoms with van der Waals surface area (Å²) in [5, 5.41) is 3.27. The highest BCUT2D eigenvalue weighted by molar-refractivity contribution is 9.10. The summed E-state index contributed by atoms with van der Waals surface area (Å²) < 4.78 is 0.914. The molecule has 0 aliphatic heterocycles. The third-order valence-electron chi connectivity index (χ3n) is 2.45. The molecule has 3 N–H and O–H groups in total. The summed E-state index contributed by atoms with van der Waals surface area (Å²) >= 11 is 5.26. The molecule has 1 aromatic heterocycles. The molecule has 0 aromatic carbocycles. The van der Waals surface area contributed by atoms with E-state index < -0.39 is 0 Å². The molecule has 0 aliphatic carbocycles. The Balaban J connectivity index is 2.14. The molecule has 5 heteroatoms. The topological polar surface area (TPSA) is 50.9 Å². The highest BCUT2D eigenvalue weighted by atomic mass is 79.9. The van der Waals surface area contributed by atoms with E-state index in [1.807, 2.05) is 17.8 Å². The van der Waals surface area contributed by atoms with E-state index in [0.717, 1.165) is 16.8 Å². The number of unbranched alkanes of at least 4 members (excludes halogenated alkanes) is 3. The Morgan fingerprint density at radius 2 is 2.12 bits per heavy atom. The van der Waals surface area contributed by atoms with Crippen LogP contribution in [0.4, 0.5) is 11.5 Å². The second-order valence-corrected chi connectivity index (χ2v) is 5.83. The first-order valence-electron chi connectivity index (χ1n) is 5.88. The zero-order chi connectivity index (χ0) is 12.5. The van der Waals surface area contributed by atoms with Gasteiger partial charge in [0, 0.05) is 17.2 Å². The number of nitrogens with zero attached hydrogens (tertiary/aromatic N) is 1. The smallest absolute Gasteiger partial charge is 0.149 e. The van der Waals surface area contributed by atoms with Gasteiger partial charge in [0.15, 0.2) is 0 Å². The SMILES string of the molecule is CSCCCCCCNc1ncc(Br)cc1N. The largest absolute Gasteiger partial charge is 0.396 e. The second-order valence-electron chi connectivity index (χ2n) is 3.93. The Kier molecular flexibility index (Phi) is 7.44. The molecule has 0 spiro atoms. The third kappa shape index (κ3) is 6.17. The van der Waals surface area contributed by atoms with Crippen LogP contribution in [-0.4, -0.2) is 23.5 Å². The summed E-state index contributed by atoms with van der Waals surface area (Å²) in [5.41, 5.74) is 6.54. The maximum absolute atomic E-state index is 5.84. The van der Waals surface area contributed by atoms with Crippen LogP contribution >= 0.6 is 27.7 Å². The molecule has 0 saturated carbocycles. The number of halogens is 1. The fraction of sp³-hybridized carbons (Fsp3) is 0.583. The van der Waals surface area contributed by atoms with Crippen LogP contribution in [0.1, 0.15) is 25.7 Å². The van der Waals surface area contributed by atoms with Crippen molar-refractivity contribution in [1.82, 2.24) is 4.98 Å². The van der Waals surface area contributed by atoms with Crippen molar-refractivity contribution in [3.8, 4) is 0 Å². The maximum atomic E-state index is 5.84. The number of thioether (sulfide) groups is 1. The van der Waals surface area contributed by atoms with Gasteiger partial charge in [0.25, 0.3) is 0 Å². The first-order chi connectivity index (χ1) is 8.24. The molecule has 96 valence electrons. The lowest BCUT2D eigenvalue weighted by Crippen LogP contribution is -2.06. The molecule has 0 aliphatic rings. The zero-order valence-corrected chi connectivity index (χ0v) is 12.6. The minimum absolute atomic E-state index is 0.696. The molecule has 0 atom stereocenters. The fourth-order valence-electron chi connectivity index (χ4n) is 1.53. The highest BCUT2D eigenvalue weighted by Gasteiger charge is 2.00. The summed E-state index contributed by atoms with van der Waals surface area (Å²) in [4.78, 5) is 4.24. The summed E-state index contributed by atoms with van der Waals surface area (Å²) in [6.45, 7) is 0.943. The van der Waals surface area contributed by atoms with Gasteiger partial charge in [0.05, 0.1) is 5.69 Å². The lowest BCUT2D eigenvalue weighted by atomic mass is 10.2. The van der Waals surface area contributed by atoms with E-state index >= 15 is 0 Å². The Hall–Kier alpha value is -0.420. The quantitative estimate of drug-likeness (QED) is 0.717. The number of aromatic nitrogens is 1. The molecule has 1 aromatic rings. The number of anilines is 2. The van der Waals surface area contributed by atoms with Crippen LogP contribution in [-0.2, 0) is 0 Å². The van der Waals surface area contributed by atoms with Gasteiger partial charge in [-0.25, -0.2) is 4.98 Å². The molecule has 0 fully saturated rings. The van der Waals surface area contributed by atoms with Gasteiger partial charge in [-0.1, -0.05) is 12.8 Å². The normalized spacial score (nSPS) is 10.5. The Morgan fingerprint density at radius 3 is 2.82 bits per heavy atom. The number of rotatable bonds is 8. The summed E-state index contributed by atoms with van der Waals surface area (Å²) in [6, 6.07) is 1.87. The molecule has 0 bridgehead atoms. The molecule has 1 heterocycles. The number of hydrogen-bond acceptors (Lipinski definition) is 4. The van der Waals surface area contributed by atoms with Crippen LogP contribution in [0.2, 0.25) is 0 Å². The molecular weight excluding hydrogens is 298 g/mol. The monoisotopic (exact) mass is 317 g/mol.